The monoisotopic (exact) mass is 494 g/mol. The van der Waals surface area contributed by atoms with Gasteiger partial charge < -0.3 is 4.42 Å². The first-order chi connectivity index (χ1) is 19.3. The van der Waals surface area contributed by atoms with Crippen LogP contribution in [0, 0.1) is 0 Å². The number of furan rings is 1. The minimum Gasteiger partial charge on any atom is -0.456 e. The van der Waals surface area contributed by atoms with Gasteiger partial charge in [-0.3, -0.25) is 0 Å². The molecule has 0 saturated heterocycles. The summed E-state index contributed by atoms with van der Waals surface area (Å²) in [5, 5.41) is 12.7. The Bertz CT molecular complexity index is 2380. The molecule has 1 heterocycles. The highest BCUT2D eigenvalue weighted by Gasteiger charge is 2.16. The van der Waals surface area contributed by atoms with Crippen LogP contribution < -0.4 is 0 Å². The molecule has 0 fully saturated rings. The van der Waals surface area contributed by atoms with Crippen molar-refractivity contribution in [2.45, 2.75) is 0 Å². The summed E-state index contributed by atoms with van der Waals surface area (Å²) in [4.78, 5) is 0. The second-order valence-corrected chi connectivity index (χ2v) is 10.5. The van der Waals surface area contributed by atoms with E-state index in [0.717, 1.165) is 21.9 Å². The third-order valence-corrected chi connectivity index (χ3v) is 8.43. The van der Waals surface area contributed by atoms with Crippen LogP contribution in [0.4, 0.5) is 0 Å². The van der Waals surface area contributed by atoms with E-state index in [-0.39, 0.29) is 0 Å². The highest BCUT2D eigenvalue weighted by Crippen LogP contribution is 2.44. The fourth-order valence-electron chi connectivity index (χ4n) is 6.64. The summed E-state index contributed by atoms with van der Waals surface area (Å²) in [6.07, 6.45) is 0. The molecule has 9 aromatic rings. The Morgan fingerprint density at radius 1 is 0.333 bits per heavy atom. The van der Waals surface area contributed by atoms with Crippen molar-refractivity contribution in [2.75, 3.05) is 0 Å². The molecule has 39 heavy (non-hydrogen) atoms. The van der Waals surface area contributed by atoms with E-state index in [1.54, 1.807) is 0 Å². The summed E-state index contributed by atoms with van der Waals surface area (Å²) in [5.74, 6) is 0. The second kappa shape index (κ2) is 7.69. The Labute approximate surface area is 224 Å². The van der Waals surface area contributed by atoms with Gasteiger partial charge in [0.25, 0.3) is 0 Å². The van der Waals surface area contributed by atoms with Crippen molar-refractivity contribution in [1.82, 2.24) is 0 Å². The highest BCUT2D eigenvalue weighted by atomic mass is 16.3. The van der Waals surface area contributed by atoms with Crippen molar-refractivity contribution in [3.05, 3.63) is 133 Å². The molecule has 0 aliphatic carbocycles. The maximum absolute atomic E-state index is 6.24. The van der Waals surface area contributed by atoms with Gasteiger partial charge in [-0.15, -0.1) is 0 Å². The fraction of sp³-hybridized carbons (Fsp3) is 0. The molecule has 0 radical (unpaired) electrons. The standard InChI is InChI=1S/C38H22O/c1-2-8-27-23(6-1)7-5-10-29(27)30-18-13-25-14-20-33-28(17-12-24-15-21-34(30)38(25)37(24)33)26-16-19-32-31-9-3-4-11-35(31)39-36(32)22-26/h1-22H. The average molecular weight is 495 g/mol. The van der Waals surface area contributed by atoms with Crippen molar-refractivity contribution < 1.29 is 4.42 Å². The maximum atomic E-state index is 6.24. The lowest BCUT2D eigenvalue weighted by molar-refractivity contribution is 0.669. The Kier molecular flexibility index (Phi) is 4.11. The van der Waals surface area contributed by atoms with Gasteiger partial charge in [-0.05, 0) is 83.5 Å². The molecule has 1 heteroatoms. The number of hydrogen-bond acceptors (Lipinski definition) is 1. The lowest BCUT2D eigenvalue weighted by Crippen LogP contribution is -1.90. The lowest BCUT2D eigenvalue weighted by atomic mass is 9.86. The molecule has 8 aromatic carbocycles. The van der Waals surface area contributed by atoms with E-state index in [9.17, 15) is 0 Å². The van der Waals surface area contributed by atoms with Crippen LogP contribution in [0.2, 0.25) is 0 Å². The zero-order chi connectivity index (χ0) is 25.5. The largest absolute Gasteiger partial charge is 0.456 e. The number of para-hydroxylation sites is 1. The van der Waals surface area contributed by atoms with Gasteiger partial charge in [-0.25, -0.2) is 0 Å². The predicted octanol–water partition coefficient (Wildman–Crippen LogP) is 11.0. The van der Waals surface area contributed by atoms with Crippen LogP contribution >= 0.6 is 0 Å². The van der Waals surface area contributed by atoms with E-state index < -0.39 is 0 Å². The van der Waals surface area contributed by atoms with Crippen molar-refractivity contribution in [3.8, 4) is 22.3 Å². The lowest BCUT2D eigenvalue weighted by Gasteiger charge is -2.17. The molecular formula is C38H22O. The van der Waals surface area contributed by atoms with Crippen molar-refractivity contribution in [3.63, 3.8) is 0 Å². The highest BCUT2D eigenvalue weighted by molar-refractivity contribution is 6.28. The molecule has 1 aromatic heterocycles. The molecule has 0 unspecified atom stereocenters. The molecule has 0 N–H and O–H groups in total. The van der Waals surface area contributed by atoms with Gasteiger partial charge in [-0.1, -0.05) is 115 Å². The SMILES string of the molecule is c1ccc2c(-c3ccc4ccc5c(-c6ccc7c(c6)oc6ccccc67)ccc6ccc3c4c65)cccc2c1. The van der Waals surface area contributed by atoms with Crippen LogP contribution in [-0.4, -0.2) is 0 Å². The zero-order valence-electron chi connectivity index (χ0n) is 21.1. The number of hydrogen-bond donors (Lipinski definition) is 0. The van der Waals surface area contributed by atoms with Crippen LogP contribution in [0.25, 0.3) is 87.3 Å². The molecule has 0 spiro atoms. The van der Waals surface area contributed by atoms with Gasteiger partial charge in [0.05, 0.1) is 0 Å². The number of benzene rings is 8. The van der Waals surface area contributed by atoms with Crippen molar-refractivity contribution in [2.24, 2.45) is 0 Å². The first-order valence-corrected chi connectivity index (χ1v) is 13.4. The van der Waals surface area contributed by atoms with Crippen LogP contribution in [-0.2, 0) is 0 Å². The number of fused-ring (bicyclic) bond motifs is 4. The van der Waals surface area contributed by atoms with Gasteiger partial charge in [0, 0.05) is 10.8 Å². The van der Waals surface area contributed by atoms with Crippen molar-refractivity contribution >= 4 is 65.0 Å². The van der Waals surface area contributed by atoms with E-state index in [0.29, 0.717) is 0 Å². The molecule has 9 rings (SSSR count). The quantitative estimate of drug-likeness (QED) is 0.218. The first kappa shape index (κ1) is 20.9. The molecular weight excluding hydrogens is 472 g/mol. The predicted molar refractivity (Wildman–Crippen MR) is 166 cm³/mol. The van der Waals surface area contributed by atoms with E-state index in [2.05, 4.69) is 121 Å². The Morgan fingerprint density at radius 3 is 1.77 bits per heavy atom. The minimum absolute atomic E-state index is 0.928. The van der Waals surface area contributed by atoms with Gasteiger partial charge >= 0.3 is 0 Å². The van der Waals surface area contributed by atoms with E-state index in [1.807, 2.05) is 12.1 Å². The van der Waals surface area contributed by atoms with Crippen LogP contribution in [0.15, 0.2) is 138 Å². The summed E-state index contributed by atoms with van der Waals surface area (Å²) < 4.78 is 6.24. The molecule has 1 nitrogen and oxygen atoms in total. The van der Waals surface area contributed by atoms with Crippen LogP contribution in [0.1, 0.15) is 0 Å². The summed E-state index contributed by atoms with van der Waals surface area (Å²) in [7, 11) is 0. The fourth-order valence-corrected chi connectivity index (χ4v) is 6.64. The van der Waals surface area contributed by atoms with Gasteiger partial charge in [0.2, 0.25) is 0 Å². The summed E-state index contributed by atoms with van der Waals surface area (Å²) in [5.41, 5.74) is 6.83. The smallest absolute Gasteiger partial charge is 0.136 e. The van der Waals surface area contributed by atoms with Crippen LogP contribution in [0.3, 0.4) is 0 Å². The second-order valence-electron chi connectivity index (χ2n) is 10.5. The maximum Gasteiger partial charge on any atom is 0.136 e. The normalized spacial score (nSPS) is 12.1. The third-order valence-electron chi connectivity index (χ3n) is 8.43. The summed E-state index contributed by atoms with van der Waals surface area (Å²) in [6.45, 7) is 0. The summed E-state index contributed by atoms with van der Waals surface area (Å²) in [6, 6.07) is 48.4. The molecule has 180 valence electrons. The van der Waals surface area contributed by atoms with Gasteiger partial charge in [-0.2, -0.15) is 0 Å². The van der Waals surface area contributed by atoms with E-state index in [4.69, 9.17) is 4.42 Å². The zero-order valence-corrected chi connectivity index (χ0v) is 21.1. The third kappa shape index (κ3) is 2.90. The van der Waals surface area contributed by atoms with Crippen LogP contribution in [0.5, 0.6) is 0 Å². The molecule has 0 saturated carbocycles. The summed E-state index contributed by atoms with van der Waals surface area (Å²) >= 11 is 0. The Balaban J connectivity index is 1.33. The molecule has 0 bridgehead atoms. The average Bonchev–Trinajstić information content (AvgIpc) is 3.37. The molecule has 0 aliphatic rings. The van der Waals surface area contributed by atoms with E-state index >= 15 is 0 Å². The Morgan fingerprint density at radius 2 is 0.923 bits per heavy atom. The van der Waals surface area contributed by atoms with Crippen molar-refractivity contribution in [1.29, 1.82) is 0 Å². The minimum atomic E-state index is 0.928. The van der Waals surface area contributed by atoms with Gasteiger partial charge in [0.1, 0.15) is 11.2 Å². The first-order valence-electron chi connectivity index (χ1n) is 13.4. The molecule has 0 aliphatic heterocycles. The number of rotatable bonds is 2. The topological polar surface area (TPSA) is 13.1 Å². The molecule has 0 atom stereocenters. The Hall–Kier alpha value is -5.14. The van der Waals surface area contributed by atoms with Gasteiger partial charge in [0.15, 0.2) is 0 Å². The van der Waals surface area contributed by atoms with E-state index in [1.165, 1.54) is 65.3 Å². The molecule has 0 amide bonds.